The van der Waals surface area contributed by atoms with Crippen LogP contribution in [0.4, 0.5) is 0 Å². The van der Waals surface area contributed by atoms with Gasteiger partial charge in [0, 0.05) is 13.0 Å². The van der Waals surface area contributed by atoms with Gasteiger partial charge in [0.15, 0.2) is 0 Å². The van der Waals surface area contributed by atoms with Gasteiger partial charge in [0.25, 0.3) is 5.91 Å². The van der Waals surface area contributed by atoms with Crippen molar-refractivity contribution < 1.29 is 19.1 Å². The van der Waals surface area contributed by atoms with Crippen LogP contribution in [0.5, 0.6) is 5.75 Å². The molecule has 0 aliphatic carbocycles. The number of amides is 2. The number of benzene rings is 3. The third kappa shape index (κ3) is 7.17. The van der Waals surface area contributed by atoms with E-state index in [4.69, 9.17) is 27.9 Å². The van der Waals surface area contributed by atoms with Gasteiger partial charge in [-0.05, 0) is 54.1 Å². The molecule has 168 valence electrons. The predicted molar refractivity (Wildman–Crippen MR) is 127 cm³/mol. The molecular weight excluding hydrogens is 465 g/mol. The summed E-state index contributed by atoms with van der Waals surface area (Å²) in [5.74, 6) is -0.936. The Morgan fingerprint density at radius 3 is 2.09 bits per heavy atom. The maximum Gasteiger partial charge on any atom is 0.345 e. The highest BCUT2D eigenvalue weighted by Gasteiger charge is 2.12. The van der Waals surface area contributed by atoms with Crippen molar-refractivity contribution >= 4 is 47.2 Å². The molecule has 7 nitrogen and oxygen atoms in total. The summed E-state index contributed by atoms with van der Waals surface area (Å²) < 4.78 is 5.30. The van der Waals surface area contributed by atoms with Crippen LogP contribution in [-0.2, 0) is 4.79 Å². The number of carbonyl (C=O) groups excluding carboxylic acids is 3. The van der Waals surface area contributed by atoms with Gasteiger partial charge in [-0.1, -0.05) is 47.5 Å². The van der Waals surface area contributed by atoms with Crippen molar-refractivity contribution in [1.82, 2.24) is 10.7 Å². The number of hydrazone groups is 1. The van der Waals surface area contributed by atoms with E-state index in [1.165, 1.54) is 6.21 Å². The molecule has 0 radical (unpaired) electrons. The van der Waals surface area contributed by atoms with Crippen LogP contribution >= 0.6 is 23.2 Å². The van der Waals surface area contributed by atoms with Crippen LogP contribution in [0.2, 0.25) is 10.0 Å². The molecule has 0 bridgehead atoms. The van der Waals surface area contributed by atoms with Gasteiger partial charge in [-0.3, -0.25) is 9.59 Å². The highest BCUT2D eigenvalue weighted by Crippen LogP contribution is 2.19. The molecule has 3 aromatic rings. The number of esters is 1. The van der Waals surface area contributed by atoms with E-state index in [0.29, 0.717) is 26.9 Å². The standard InChI is InChI=1S/C24H19Cl2N3O4/c25-20-7-3-1-5-18(20)23(31)27-14-13-22(30)29-28-15-16-9-11-17(12-10-16)33-24(32)19-6-2-4-8-21(19)26/h1-12,15H,13-14H2,(H,27,31)(H,29,30)/b28-15-. The van der Waals surface area contributed by atoms with Crippen LogP contribution in [-0.4, -0.2) is 30.5 Å². The van der Waals surface area contributed by atoms with Crippen molar-refractivity contribution in [2.24, 2.45) is 5.10 Å². The second-order valence-electron chi connectivity index (χ2n) is 6.72. The number of nitrogens with one attached hydrogen (secondary N) is 2. The van der Waals surface area contributed by atoms with E-state index in [1.54, 1.807) is 72.8 Å². The highest BCUT2D eigenvalue weighted by atomic mass is 35.5. The van der Waals surface area contributed by atoms with E-state index >= 15 is 0 Å². The first-order valence-electron chi connectivity index (χ1n) is 9.85. The molecule has 0 unspecified atom stereocenters. The van der Waals surface area contributed by atoms with Crippen LogP contribution in [0.1, 0.15) is 32.7 Å². The van der Waals surface area contributed by atoms with Gasteiger partial charge in [0.1, 0.15) is 5.75 Å². The summed E-state index contributed by atoms with van der Waals surface area (Å²) >= 11 is 12.0. The lowest BCUT2D eigenvalue weighted by molar-refractivity contribution is -0.120. The third-order valence-electron chi connectivity index (χ3n) is 4.34. The van der Waals surface area contributed by atoms with Gasteiger partial charge < -0.3 is 10.1 Å². The summed E-state index contributed by atoms with van der Waals surface area (Å²) in [4.78, 5) is 36.1. The minimum atomic E-state index is -0.559. The number of hydrogen-bond donors (Lipinski definition) is 2. The Balaban J connectivity index is 1.42. The molecule has 2 N–H and O–H groups in total. The van der Waals surface area contributed by atoms with Crippen molar-refractivity contribution in [2.75, 3.05) is 6.54 Å². The van der Waals surface area contributed by atoms with E-state index in [1.807, 2.05) is 0 Å². The Morgan fingerprint density at radius 2 is 1.45 bits per heavy atom. The van der Waals surface area contributed by atoms with Gasteiger partial charge in [-0.15, -0.1) is 0 Å². The van der Waals surface area contributed by atoms with Gasteiger partial charge >= 0.3 is 5.97 Å². The summed E-state index contributed by atoms with van der Waals surface area (Å²) in [6.45, 7) is 0.136. The van der Waals surface area contributed by atoms with E-state index in [2.05, 4.69) is 15.8 Å². The number of hydrogen-bond acceptors (Lipinski definition) is 5. The first kappa shape index (κ1) is 24.0. The maximum atomic E-state index is 12.2. The lowest BCUT2D eigenvalue weighted by Crippen LogP contribution is -2.29. The quantitative estimate of drug-likeness (QED) is 0.213. The Labute approximate surface area is 200 Å². The lowest BCUT2D eigenvalue weighted by atomic mass is 10.2. The molecule has 0 aliphatic rings. The predicted octanol–water partition coefficient (Wildman–Crippen LogP) is 4.48. The van der Waals surface area contributed by atoms with Crippen LogP contribution in [0.15, 0.2) is 77.9 Å². The Morgan fingerprint density at radius 1 is 0.848 bits per heavy atom. The minimum Gasteiger partial charge on any atom is -0.423 e. The summed E-state index contributed by atoms with van der Waals surface area (Å²) in [7, 11) is 0. The average molecular weight is 484 g/mol. The van der Waals surface area contributed by atoms with Crippen molar-refractivity contribution in [2.45, 2.75) is 6.42 Å². The third-order valence-corrected chi connectivity index (χ3v) is 5.00. The summed E-state index contributed by atoms with van der Waals surface area (Å²) in [5.41, 5.74) is 3.68. The monoisotopic (exact) mass is 483 g/mol. The van der Waals surface area contributed by atoms with E-state index in [-0.39, 0.29) is 30.3 Å². The van der Waals surface area contributed by atoms with Crippen molar-refractivity contribution in [1.29, 1.82) is 0 Å². The zero-order chi connectivity index (χ0) is 23.6. The van der Waals surface area contributed by atoms with Gasteiger partial charge in [0.2, 0.25) is 5.91 Å². The van der Waals surface area contributed by atoms with Crippen LogP contribution in [0.25, 0.3) is 0 Å². The molecule has 0 heterocycles. The van der Waals surface area contributed by atoms with Crippen LogP contribution in [0.3, 0.4) is 0 Å². The van der Waals surface area contributed by atoms with Crippen LogP contribution < -0.4 is 15.5 Å². The molecule has 0 aliphatic heterocycles. The average Bonchev–Trinajstić information content (AvgIpc) is 2.80. The molecule has 0 saturated carbocycles. The number of ether oxygens (including phenoxy) is 1. The van der Waals surface area contributed by atoms with Crippen molar-refractivity contribution in [3.05, 3.63) is 99.5 Å². The number of rotatable bonds is 8. The molecule has 2 amide bonds. The second-order valence-corrected chi connectivity index (χ2v) is 7.53. The Hall–Kier alpha value is -3.68. The fraction of sp³-hybridized carbons (Fsp3) is 0.0833. The maximum absolute atomic E-state index is 12.2. The van der Waals surface area contributed by atoms with E-state index < -0.39 is 5.97 Å². The topological polar surface area (TPSA) is 96.9 Å². The molecule has 3 aromatic carbocycles. The molecular formula is C24H19Cl2N3O4. The van der Waals surface area contributed by atoms with E-state index in [0.717, 1.165) is 0 Å². The van der Waals surface area contributed by atoms with Gasteiger partial charge in [0.05, 0.1) is 27.4 Å². The SMILES string of the molecule is O=C(CCNC(=O)c1ccccc1Cl)N/N=C\c1ccc(OC(=O)c2ccccc2Cl)cc1. The highest BCUT2D eigenvalue weighted by molar-refractivity contribution is 6.34. The number of halogens is 2. The molecule has 3 rings (SSSR count). The summed E-state index contributed by atoms with van der Waals surface area (Å²) in [5, 5.41) is 7.16. The van der Waals surface area contributed by atoms with Crippen LogP contribution in [0, 0.1) is 0 Å². The van der Waals surface area contributed by atoms with Gasteiger partial charge in [-0.25, -0.2) is 10.2 Å². The smallest absolute Gasteiger partial charge is 0.345 e. The lowest BCUT2D eigenvalue weighted by Gasteiger charge is -2.06. The minimum absolute atomic E-state index is 0.0461. The summed E-state index contributed by atoms with van der Waals surface area (Å²) in [6.07, 6.45) is 1.49. The molecule has 0 aromatic heterocycles. The molecule has 33 heavy (non-hydrogen) atoms. The number of nitrogens with zero attached hydrogens (tertiary/aromatic N) is 1. The Bertz CT molecular complexity index is 1180. The largest absolute Gasteiger partial charge is 0.423 e. The summed E-state index contributed by atoms with van der Waals surface area (Å²) in [6, 6.07) is 19.8. The molecule has 0 spiro atoms. The van der Waals surface area contributed by atoms with Crippen molar-refractivity contribution in [3.63, 3.8) is 0 Å². The fourth-order valence-electron chi connectivity index (χ4n) is 2.68. The molecule has 0 saturated heterocycles. The van der Waals surface area contributed by atoms with Gasteiger partial charge in [-0.2, -0.15) is 5.10 Å². The Kier molecular flexibility index (Phi) is 8.57. The molecule has 9 heteroatoms. The zero-order valence-corrected chi connectivity index (χ0v) is 18.8. The first-order chi connectivity index (χ1) is 15.9. The number of carbonyl (C=O) groups is 3. The zero-order valence-electron chi connectivity index (χ0n) is 17.3. The fourth-order valence-corrected chi connectivity index (χ4v) is 3.11. The van der Waals surface area contributed by atoms with Crippen molar-refractivity contribution in [3.8, 4) is 5.75 Å². The first-order valence-corrected chi connectivity index (χ1v) is 10.6. The molecule has 0 atom stereocenters. The second kappa shape index (κ2) is 11.8. The molecule has 0 fully saturated rings. The van der Waals surface area contributed by atoms with E-state index in [9.17, 15) is 14.4 Å². The normalized spacial score (nSPS) is 10.6.